The number of hydrogen-bond donors (Lipinski definition) is 9. The number of aromatic nitrogens is 12. The van der Waals surface area contributed by atoms with Crippen molar-refractivity contribution >= 4 is 82.5 Å². The molecule has 0 radical (unpaired) electrons. The van der Waals surface area contributed by atoms with Gasteiger partial charge in [0, 0.05) is 7.11 Å². The summed E-state index contributed by atoms with van der Waals surface area (Å²) < 4.78 is 106. The molecule has 39 nitrogen and oxygen atoms in total. The Bertz CT molecular complexity index is 3490. The van der Waals surface area contributed by atoms with Crippen LogP contribution in [0.2, 0.25) is 0 Å². The second-order valence-electron chi connectivity index (χ2n) is 16.4. The van der Waals surface area contributed by atoms with E-state index in [1.54, 1.807) is 0 Å². The van der Waals surface area contributed by atoms with E-state index < -0.39 is 136 Å². The summed E-state index contributed by atoms with van der Waals surface area (Å²) in [7, 11) is -22.4. The number of phosphoric acid groups is 4. The van der Waals surface area contributed by atoms with Crippen molar-refractivity contribution in [2.45, 2.75) is 73.6 Å². The monoisotopic (exact) mass is 1210 g/mol. The normalized spacial score (nSPS) is 29.3. The number of aromatic amines is 2. The van der Waals surface area contributed by atoms with E-state index >= 15 is 0 Å². The number of nitrogens with zero attached hydrogens (tertiary/aromatic N) is 10. The van der Waals surface area contributed by atoms with Crippen LogP contribution in [0.25, 0.3) is 33.5 Å². The molecule has 16 unspecified atom stereocenters. The Labute approximate surface area is 499 Å². The Kier molecular flexibility index (Phi) is 20.8. The molecule has 3 aliphatic heterocycles. The van der Waals surface area contributed by atoms with E-state index in [2.05, 4.69) is 57.5 Å². The van der Waals surface area contributed by atoms with Crippen molar-refractivity contribution in [3.05, 3.63) is 46.0 Å². The molecule has 9 heterocycles. The van der Waals surface area contributed by atoms with E-state index in [1.165, 1.54) is 17.9 Å². The van der Waals surface area contributed by atoms with Gasteiger partial charge in [-0.15, -0.1) is 0 Å². The second kappa shape index (κ2) is 25.0. The molecule has 3 fully saturated rings. The molecule has 12 N–H and O–H groups in total. The molecule has 6 aromatic rings. The number of nitrogens with one attached hydrogen (secondary N) is 2. The maximum atomic E-state index is 13.5. The van der Waals surface area contributed by atoms with E-state index in [-0.39, 0.29) is 140 Å². The van der Waals surface area contributed by atoms with Crippen molar-refractivity contribution in [3.63, 3.8) is 0 Å². The third kappa shape index (κ3) is 13.4. The summed E-state index contributed by atoms with van der Waals surface area (Å²) in [4.78, 5) is 105. The predicted octanol–water partition coefficient (Wildman–Crippen LogP) is -16.2. The molecule has 9 rings (SSSR count). The summed E-state index contributed by atoms with van der Waals surface area (Å²) in [6.07, 6.45) is -16.7. The van der Waals surface area contributed by atoms with Gasteiger partial charge in [0.1, 0.15) is 66.8 Å². The zero-order valence-corrected chi connectivity index (χ0v) is 50.4. The first-order valence-corrected chi connectivity index (χ1v) is 26.9. The molecule has 0 spiro atoms. The Morgan fingerprint density at radius 3 is 1.85 bits per heavy atom. The number of ether oxygens (including phenoxy) is 4. The van der Waals surface area contributed by atoms with Gasteiger partial charge >= 0.3 is 94.3 Å². The zero-order chi connectivity index (χ0) is 54.3. The molecule has 6 aromatic heterocycles. The number of rotatable bonds is 19. The van der Waals surface area contributed by atoms with Crippen LogP contribution < -0.4 is 141 Å². The number of nitrogen functional groups attached to an aromatic ring is 3. The third-order valence-electron chi connectivity index (χ3n) is 11.5. The van der Waals surface area contributed by atoms with E-state index in [1.807, 2.05) is 0 Å². The number of anilines is 3. The van der Waals surface area contributed by atoms with Crippen LogP contribution in [0.5, 0.6) is 0 Å². The SMILES string of the molecule is COC1C(OP(=O)([O-])OCC2OC(n3cnc4c(=O)[nH]c(N)nc43)C(O)C2O)C(COP(=O)([O-])OP(=O)([O-])OP(=O)([O-])OCC2OC([n+]3cn(C)c4c(=O)[nH]c(N)nc43)C(O)C2O)OC1n1cnc2c(N)ncnc21.[Na+].[Na+].[Na+]. The molecular formula is C32H40N15Na3O24P4. The number of aliphatic hydroxyl groups is 4. The van der Waals surface area contributed by atoms with Gasteiger partial charge in [-0.05, 0) is 0 Å². The standard InChI is InChI=1S/C32H43N15O24P4.3Na/c1-44-9-47(25-15(44)27(53)43-32(35)41-25)29-19(51)17(49)11(67-29)4-64-73(56,57)70-75(60,61)71-74(58,59)65-5-12-20(21(62-2)30(68-12)45-7-38-13-22(33)36-6-37-23(13)45)69-72(54,55)63-3-10-16(48)18(50)28(66-10)46-8-39-14-24(46)40-31(34)42-26(14)52;;;/h6-12,16-21,28-30,48-51H,3-5H2,1-2H3,(H11-,33,34,35,36,37,40,41,42,43,52,53,54,55,56,57,58,59,60,61);;;/q;3*+1/p-3. The van der Waals surface area contributed by atoms with Crippen LogP contribution in [0.1, 0.15) is 18.7 Å². The van der Waals surface area contributed by atoms with E-state index in [0.717, 1.165) is 39.8 Å². The van der Waals surface area contributed by atoms with Crippen molar-refractivity contribution < 1.29 is 197 Å². The molecule has 0 aliphatic carbocycles. The number of imidazole rings is 3. The number of fused-ring (bicyclic) bond motifs is 3. The molecule has 0 amide bonds. The Morgan fingerprint density at radius 1 is 0.667 bits per heavy atom. The van der Waals surface area contributed by atoms with Gasteiger partial charge in [0.2, 0.25) is 17.7 Å². The summed E-state index contributed by atoms with van der Waals surface area (Å²) in [5.74, 6) is -0.782. The summed E-state index contributed by atoms with van der Waals surface area (Å²) in [5, 5.41) is 43.0. The first-order chi connectivity index (χ1) is 35.2. The fourth-order valence-electron chi connectivity index (χ4n) is 8.26. The number of hydrogen-bond acceptors (Lipinski definition) is 33. The van der Waals surface area contributed by atoms with Gasteiger partial charge in [-0.3, -0.25) is 51.5 Å². The second-order valence-corrected chi connectivity index (χ2v) is 22.3. The number of aliphatic hydroxyl groups excluding tert-OH is 4. The van der Waals surface area contributed by atoms with Crippen LogP contribution >= 0.6 is 31.3 Å². The van der Waals surface area contributed by atoms with E-state index in [0.29, 0.717) is 0 Å². The summed E-state index contributed by atoms with van der Waals surface area (Å²) in [6, 6.07) is 0. The number of aryl methyl sites for hydroxylation is 1. The summed E-state index contributed by atoms with van der Waals surface area (Å²) >= 11 is 0. The first-order valence-electron chi connectivity index (χ1n) is 21.1. The largest absolute Gasteiger partial charge is 1.00 e. The van der Waals surface area contributed by atoms with E-state index in [9.17, 15) is 67.8 Å². The summed E-state index contributed by atoms with van der Waals surface area (Å²) in [5.41, 5.74) is 15.1. The smallest absolute Gasteiger partial charge is 0.756 e. The molecular weight excluding hydrogens is 1170 g/mol. The van der Waals surface area contributed by atoms with Gasteiger partial charge in [-0.1, -0.05) is 4.98 Å². The summed E-state index contributed by atoms with van der Waals surface area (Å²) in [6.45, 7) is -3.73. The third-order valence-corrected chi connectivity index (χ3v) is 16.6. The van der Waals surface area contributed by atoms with Gasteiger partial charge in [-0.25, -0.2) is 33.1 Å². The van der Waals surface area contributed by atoms with Crippen LogP contribution in [-0.4, -0.2) is 156 Å². The topological polar surface area (TPSA) is 574 Å². The Balaban J connectivity index is 0.00000328. The predicted molar refractivity (Wildman–Crippen MR) is 230 cm³/mol. The Hall–Kier alpha value is -2.15. The van der Waals surface area contributed by atoms with Gasteiger partial charge < -0.3 is 94.2 Å². The zero-order valence-electron chi connectivity index (χ0n) is 40.8. The minimum Gasteiger partial charge on any atom is -0.756 e. The van der Waals surface area contributed by atoms with Crippen molar-refractivity contribution in [2.75, 3.05) is 44.1 Å². The molecule has 46 heteroatoms. The van der Waals surface area contributed by atoms with Gasteiger partial charge in [0.15, 0.2) is 41.4 Å². The van der Waals surface area contributed by atoms with Crippen molar-refractivity contribution in [2.24, 2.45) is 7.05 Å². The number of methoxy groups -OCH3 is 1. The molecule has 0 aromatic carbocycles. The van der Waals surface area contributed by atoms with Crippen molar-refractivity contribution in [1.29, 1.82) is 0 Å². The van der Waals surface area contributed by atoms with Crippen LogP contribution in [0.3, 0.4) is 0 Å². The maximum Gasteiger partial charge on any atom is 1.00 e. The van der Waals surface area contributed by atoms with Crippen molar-refractivity contribution in [3.8, 4) is 0 Å². The minimum absolute atomic E-state index is 0. The van der Waals surface area contributed by atoms with Crippen LogP contribution in [0.15, 0.2) is 34.9 Å². The van der Waals surface area contributed by atoms with Gasteiger partial charge in [0.05, 0.1) is 39.5 Å². The van der Waals surface area contributed by atoms with Gasteiger partial charge in [-0.2, -0.15) is 4.98 Å². The fraction of sp³-hybridized carbons (Fsp3) is 0.531. The number of H-pyrrole nitrogens is 2. The molecule has 3 aliphatic rings. The maximum absolute atomic E-state index is 13.5. The molecule has 16 atom stereocenters. The Morgan fingerprint density at radius 2 is 1.21 bits per heavy atom. The quantitative estimate of drug-likeness (QED) is 0.0207. The molecule has 3 saturated heterocycles. The molecule has 0 bridgehead atoms. The molecule has 0 saturated carbocycles. The number of phosphoric ester groups is 3. The average molecular weight is 1210 g/mol. The average Bonchev–Trinajstić information content (AvgIpc) is 4.17. The molecule has 78 heavy (non-hydrogen) atoms. The fourth-order valence-corrected chi connectivity index (χ4v) is 12.6. The number of nitrogens with two attached hydrogens (primary N) is 3. The first kappa shape index (κ1) is 65.0. The van der Waals surface area contributed by atoms with Crippen LogP contribution in [-0.2, 0) is 71.0 Å². The van der Waals surface area contributed by atoms with Crippen LogP contribution in [0, 0.1) is 0 Å². The van der Waals surface area contributed by atoms with Crippen molar-refractivity contribution in [1.82, 2.24) is 53.6 Å². The molecule has 410 valence electrons. The minimum atomic E-state index is -6.59. The van der Waals surface area contributed by atoms with E-state index in [4.69, 9.17) is 45.2 Å². The van der Waals surface area contributed by atoms with Gasteiger partial charge in [0.25, 0.3) is 48.4 Å². The van der Waals surface area contributed by atoms with Crippen LogP contribution in [0.4, 0.5) is 17.7 Å².